The van der Waals surface area contributed by atoms with Crippen molar-refractivity contribution in [2.75, 3.05) is 27.3 Å². The van der Waals surface area contributed by atoms with Gasteiger partial charge in [0.1, 0.15) is 6.54 Å². The summed E-state index contributed by atoms with van der Waals surface area (Å²) >= 11 is 0. The maximum atomic E-state index is 13.5. The number of benzene rings is 1. The van der Waals surface area contributed by atoms with E-state index in [4.69, 9.17) is 9.47 Å². The predicted octanol–water partition coefficient (Wildman–Crippen LogP) is 1.47. The van der Waals surface area contributed by atoms with Gasteiger partial charge in [0.15, 0.2) is 11.6 Å². The third kappa shape index (κ3) is 3.94. The zero-order valence-corrected chi connectivity index (χ0v) is 11.1. The molecule has 1 aromatic rings. The van der Waals surface area contributed by atoms with Crippen LogP contribution in [0, 0.1) is 5.82 Å². The van der Waals surface area contributed by atoms with Crippen LogP contribution in [0.15, 0.2) is 18.2 Å². The zero-order valence-electron chi connectivity index (χ0n) is 11.1. The van der Waals surface area contributed by atoms with Crippen molar-refractivity contribution in [3.63, 3.8) is 0 Å². The number of hydrogen-bond acceptors (Lipinski definition) is 4. The summed E-state index contributed by atoms with van der Waals surface area (Å²) in [4.78, 5) is 24.4. The number of ether oxygens (including phenoxy) is 2. The van der Waals surface area contributed by atoms with Gasteiger partial charge in [0.2, 0.25) is 0 Å². The van der Waals surface area contributed by atoms with Crippen molar-refractivity contribution in [3.05, 3.63) is 29.6 Å². The van der Waals surface area contributed by atoms with Crippen molar-refractivity contribution in [1.82, 2.24) is 4.90 Å². The molecule has 1 aromatic carbocycles. The quantitative estimate of drug-likeness (QED) is 0.760. The van der Waals surface area contributed by atoms with E-state index in [1.54, 1.807) is 6.92 Å². The first-order valence-corrected chi connectivity index (χ1v) is 5.74. The minimum atomic E-state index is -0.627. The van der Waals surface area contributed by atoms with E-state index < -0.39 is 17.7 Å². The van der Waals surface area contributed by atoms with Gasteiger partial charge in [-0.25, -0.2) is 4.39 Å². The number of carbonyl (C=O) groups excluding carboxylic acids is 2. The molecule has 0 radical (unpaired) electrons. The molecule has 0 unspecified atom stereocenters. The van der Waals surface area contributed by atoms with Crippen molar-refractivity contribution in [3.8, 4) is 5.75 Å². The Morgan fingerprint density at radius 3 is 2.58 bits per heavy atom. The fourth-order valence-electron chi connectivity index (χ4n) is 1.49. The van der Waals surface area contributed by atoms with Crippen LogP contribution in [0.5, 0.6) is 5.75 Å². The van der Waals surface area contributed by atoms with E-state index in [-0.39, 0.29) is 24.5 Å². The molecule has 0 bridgehead atoms. The first kappa shape index (κ1) is 14.9. The van der Waals surface area contributed by atoms with E-state index in [2.05, 4.69) is 0 Å². The normalized spacial score (nSPS) is 9.89. The molecule has 19 heavy (non-hydrogen) atoms. The third-order valence-corrected chi connectivity index (χ3v) is 2.42. The molecule has 0 atom stereocenters. The van der Waals surface area contributed by atoms with Gasteiger partial charge in [0, 0.05) is 12.6 Å². The standard InChI is InChI=1S/C13H16FNO4/c1-4-19-12(16)8-15(2)13(17)9-5-6-11(18-3)10(14)7-9/h5-7H,4,8H2,1-3H3. The van der Waals surface area contributed by atoms with Gasteiger partial charge in [-0.15, -0.1) is 0 Å². The second kappa shape index (κ2) is 6.72. The van der Waals surface area contributed by atoms with Crippen LogP contribution in [-0.2, 0) is 9.53 Å². The van der Waals surface area contributed by atoms with Gasteiger partial charge >= 0.3 is 5.97 Å². The molecule has 0 aliphatic rings. The molecular formula is C13H16FNO4. The lowest BCUT2D eigenvalue weighted by molar-refractivity contribution is -0.143. The van der Waals surface area contributed by atoms with E-state index in [1.807, 2.05) is 0 Å². The van der Waals surface area contributed by atoms with Gasteiger partial charge < -0.3 is 14.4 Å². The Morgan fingerprint density at radius 1 is 1.37 bits per heavy atom. The number of rotatable bonds is 5. The number of halogens is 1. The van der Waals surface area contributed by atoms with Crippen LogP contribution < -0.4 is 4.74 Å². The molecule has 0 saturated heterocycles. The summed E-state index contributed by atoms with van der Waals surface area (Å²) in [5.41, 5.74) is 0.144. The Labute approximate surface area is 110 Å². The van der Waals surface area contributed by atoms with Gasteiger partial charge in [-0.2, -0.15) is 0 Å². The van der Waals surface area contributed by atoms with Crippen LogP contribution >= 0.6 is 0 Å². The van der Waals surface area contributed by atoms with E-state index in [0.29, 0.717) is 0 Å². The number of methoxy groups -OCH3 is 1. The Morgan fingerprint density at radius 2 is 2.05 bits per heavy atom. The van der Waals surface area contributed by atoms with Crippen molar-refractivity contribution < 1.29 is 23.5 Å². The first-order chi connectivity index (χ1) is 8.99. The molecule has 0 aromatic heterocycles. The van der Waals surface area contributed by atoms with Crippen molar-refractivity contribution in [2.24, 2.45) is 0 Å². The maximum Gasteiger partial charge on any atom is 0.325 e. The van der Waals surface area contributed by atoms with Gasteiger partial charge in [-0.1, -0.05) is 0 Å². The molecule has 0 fully saturated rings. The number of carbonyl (C=O) groups is 2. The maximum absolute atomic E-state index is 13.5. The third-order valence-electron chi connectivity index (χ3n) is 2.42. The summed E-state index contributed by atoms with van der Waals surface area (Å²) in [6.45, 7) is 1.75. The van der Waals surface area contributed by atoms with Crippen molar-refractivity contribution in [2.45, 2.75) is 6.92 Å². The average molecular weight is 269 g/mol. The van der Waals surface area contributed by atoms with E-state index in [9.17, 15) is 14.0 Å². The van der Waals surface area contributed by atoms with E-state index in [1.165, 1.54) is 31.2 Å². The minimum absolute atomic E-state index is 0.0598. The molecule has 0 N–H and O–H groups in total. The van der Waals surface area contributed by atoms with Crippen molar-refractivity contribution >= 4 is 11.9 Å². The largest absolute Gasteiger partial charge is 0.494 e. The molecule has 6 heteroatoms. The highest BCUT2D eigenvalue weighted by molar-refractivity contribution is 5.95. The van der Waals surface area contributed by atoms with Gasteiger partial charge in [-0.3, -0.25) is 9.59 Å². The minimum Gasteiger partial charge on any atom is -0.494 e. The van der Waals surface area contributed by atoms with E-state index >= 15 is 0 Å². The Hall–Kier alpha value is -2.11. The van der Waals surface area contributed by atoms with Crippen molar-refractivity contribution in [1.29, 1.82) is 0 Å². The average Bonchev–Trinajstić information content (AvgIpc) is 2.37. The smallest absolute Gasteiger partial charge is 0.325 e. The second-order valence-corrected chi connectivity index (χ2v) is 3.82. The summed E-state index contributed by atoms with van der Waals surface area (Å²) < 4.78 is 23.0. The SMILES string of the molecule is CCOC(=O)CN(C)C(=O)c1ccc(OC)c(F)c1. The molecule has 0 aliphatic heterocycles. The first-order valence-electron chi connectivity index (χ1n) is 5.74. The number of esters is 1. The molecule has 1 rings (SSSR count). The monoisotopic (exact) mass is 269 g/mol. The Balaban J connectivity index is 2.77. The lowest BCUT2D eigenvalue weighted by atomic mass is 10.2. The lowest BCUT2D eigenvalue weighted by Gasteiger charge is -2.16. The van der Waals surface area contributed by atoms with Gasteiger partial charge in [-0.05, 0) is 25.1 Å². The van der Waals surface area contributed by atoms with Crippen LogP contribution in [0.1, 0.15) is 17.3 Å². The van der Waals surface area contributed by atoms with Crippen LogP contribution in [0.3, 0.4) is 0 Å². The predicted molar refractivity (Wildman–Crippen MR) is 66.5 cm³/mol. The van der Waals surface area contributed by atoms with Crippen LogP contribution in [-0.4, -0.2) is 44.1 Å². The topological polar surface area (TPSA) is 55.8 Å². The summed E-state index contributed by atoms with van der Waals surface area (Å²) in [5.74, 6) is -1.54. The summed E-state index contributed by atoms with van der Waals surface area (Å²) in [7, 11) is 2.79. The second-order valence-electron chi connectivity index (χ2n) is 3.82. The summed E-state index contributed by atoms with van der Waals surface area (Å²) in [6.07, 6.45) is 0. The van der Waals surface area contributed by atoms with Crippen LogP contribution in [0.25, 0.3) is 0 Å². The number of hydrogen-bond donors (Lipinski definition) is 0. The molecule has 5 nitrogen and oxygen atoms in total. The van der Waals surface area contributed by atoms with Crippen LogP contribution in [0.4, 0.5) is 4.39 Å². The molecule has 1 amide bonds. The molecular weight excluding hydrogens is 253 g/mol. The number of nitrogens with zero attached hydrogens (tertiary/aromatic N) is 1. The Kier molecular flexibility index (Phi) is 5.29. The van der Waals surface area contributed by atoms with Crippen LogP contribution in [0.2, 0.25) is 0 Å². The van der Waals surface area contributed by atoms with Gasteiger partial charge in [0.25, 0.3) is 5.91 Å². The number of amides is 1. The molecule has 0 heterocycles. The molecule has 0 spiro atoms. The zero-order chi connectivity index (χ0) is 14.4. The molecule has 0 aliphatic carbocycles. The highest BCUT2D eigenvalue weighted by Crippen LogP contribution is 2.18. The molecule has 104 valence electrons. The fourth-order valence-corrected chi connectivity index (χ4v) is 1.49. The fraction of sp³-hybridized carbons (Fsp3) is 0.385. The number of likely N-dealkylation sites (N-methyl/N-ethyl adjacent to an activating group) is 1. The summed E-state index contributed by atoms with van der Waals surface area (Å²) in [5, 5.41) is 0. The Bertz CT molecular complexity index is 476. The highest BCUT2D eigenvalue weighted by atomic mass is 19.1. The molecule has 0 saturated carbocycles. The van der Waals surface area contributed by atoms with E-state index in [0.717, 1.165) is 6.07 Å². The van der Waals surface area contributed by atoms with Gasteiger partial charge in [0.05, 0.1) is 13.7 Å². The summed E-state index contributed by atoms with van der Waals surface area (Å²) in [6, 6.07) is 3.87. The highest BCUT2D eigenvalue weighted by Gasteiger charge is 2.17. The lowest BCUT2D eigenvalue weighted by Crippen LogP contribution is -2.33.